The maximum absolute atomic E-state index is 13.4. The summed E-state index contributed by atoms with van der Waals surface area (Å²) in [6.07, 6.45) is 10.9. The Morgan fingerprint density at radius 3 is 2.29 bits per heavy atom. The third-order valence-corrected chi connectivity index (χ3v) is 11.5. The zero-order valence-corrected chi connectivity index (χ0v) is 21.3. The number of rotatable bonds is 3. The fourth-order valence-corrected chi connectivity index (χ4v) is 10.0. The SMILES string of the molecule is C[C@@H]1C2[C@@H]3C[C@H]2C[C@H](N2[C@@H]4CCC[C@H]2CC(n2c(=O)c(P(=O)(O)O)nc5ccccc52)C4)C[C@H]1C3. The molecule has 0 spiro atoms. The van der Waals surface area contributed by atoms with Gasteiger partial charge in [-0.05, 0) is 93.1 Å². The van der Waals surface area contributed by atoms with Gasteiger partial charge in [0.15, 0.2) is 0 Å². The molecular weight excluding hydrogens is 461 g/mol. The zero-order valence-electron chi connectivity index (χ0n) is 20.4. The van der Waals surface area contributed by atoms with Crippen molar-refractivity contribution in [3.63, 3.8) is 0 Å². The van der Waals surface area contributed by atoms with Crippen LogP contribution in [-0.4, -0.2) is 42.4 Å². The molecule has 5 aliphatic rings. The van der Waals surface area contributed by atoms with Crippen LogP contribution in [-0.2, 0) is 4.57 Å². The summed E-state index contributed by atoms with van der Waals surface area (Å²) in [6, 6.07) is 8.78. The van der Waals surface area contributed by atoms with E-state index >= 15 is 0 Å². The van der Waals surface area contributed by atoms with E-state index in [1.807, 2.05) is 12.1 Å². The van der Waals surface area contributed by atoms with E-state index < -0.39 is 18.6 Å². The molecule has 0 amide bonds. The molecule has 4 bridgehead atoms. The highest BCUT2D eigenvalue weighted by Crippen LogP contribution is 2.62. The van der Waals surface area contributed by atoms with E-state index in [-0.39, 0.29) is 6.04 Å². The van der Waals surface area contributed by atoms with Crippen molar-refractivity contribution < 1.29 is 14.4 Å². The van der Waals surface area contributed by atoms with Crippen molar-refractivity contribution in [3.05, 3.63) is 34.6 Å². The quantitative estimate of drug-likeness (QED) is 0.626. The summed E-state index contributed by atoms with van der Waals surface area (Å²) in [5, 5.41) is 0. The first kappa shape index (κ1) is 22.7. The molecule has 7 rings (SSSR count). The van der Waals surface area contributed by atoms with Gasteiger partial charge in [-0.3, -0.25) is 14.3 Å². The molecule has 7 nitrogen and oxygen atoms in total. The van der Waals surface area contributed by atoms with E-state index in [1.165, 1.54) is 32.1 Å². The lowest BCUT2D eigenvalue weighted by Gasteiger charge is -2.54. The van der Waals surface area contributed by atoms with Gasteiger partial charge < -0.3 is 14.4 Å². The second kappa shape index (κ2) is 7.98. The standard InChI is InChI=1S/C27H36N3O4P/c1-15-16-9-17-10-18(25(15)17)12-21(11-16)29-19-5-4-6-20(29)14-22(13-19)30-24-8-3-2-7-23(24)28-26(27(30)31)35(32,33)34/h2-3,7-8,15-22,25H,4-6,9-14H2,1H3,(H2,32,33,34)/t15-,16+,17-,18-,19-,20+,21+,22?,25?/m0/s1. The fraction of sp³-hybridized carbons (Fsp3) is 0.704. The molecule has 3 aliphatic carbocycles. The van der Waals surface area contributed by atoms with Crippen LogP contribution in [0.15, 0.2) is 29.1 Å². The van der Waals surface area contributed by atoms with Gasteiger partial charge in [0.2, 0.25) is 5.44 Å². The molecule has 5 fully saturated rings. The molecule has 9 atom stereocenters. The fourth-order valence-electron chi connectivity index (χ4n) is 9.41. The lowest BCUT2D eigenvalue weighted by Crippen LogP contribution is -2.58. The summed E-state index contributed by atoms with van der Waals surface area (Å²) >= 11 is 0. The van der Waals surface area contributed by atoms with Crippen LogP contribution in [0.25, 0.3) is 11.0 Å². The molecule has 3 heterocycles. The molecular formula is C27H36N3O4P. The number of benzene rings is 1. The van der Waals surface area contributed by atoms with Crippen LogP contribution < -0.4 is 11.0 Å². The Morgan fingerprint density at radius 1 is 0.886 bits per heavy atom. The van der Waals surface area contributed by atoms with Crippen molar-refractivity contribution >= 4 is 24.1 Å². The number of hydrogen-bond acceptors (Lipinski definition) is 4. The Balaban J connectivity index is 1.24. The Bertz CT molecular complexity index is 1260. The van der Waals surface area contributed by atoms with Gasteiger partial charge in [-0.2, -0.15) is 0 Å². The molecule has 1 aromatic carbocycles. The molecule has 2 unspecified atom stereocenters. The maximum atomic E-state index is 13.4. The Hall–Kier alpha value is -1.53. The van der Waals surface area contributed by atoms with Gasteiger partial charge in [-0.1, -0.05) is 25.5 Å². The first-order valence-corrected chi connectivity index (χ1v) is 15.3. The highest BCUT2D eigenvalue weighted by molar-refractivity contribution is 7.59. The van der Waals surface area contributed by atoms with Gasteiger partial charge in [-0.25, -0.2) is 4.98 Å². The number of piperidine rings is 2. The summed E-state index contributed by atoms with van der Waals surface area (Å²) in [5.74, 6) is 4.63. The minimum absolute atomic E-state index is 0.0542. The summed E-state index contributed by atoms with van der Waals surface area (Å²) < 4.78 is 13.8. The van der Waals surface area contributed by atoms with Crippen molar-refractivity contribution in [1.29, 1.82) is 0 Å². The van der Waals surface area contributed by atoms with Gasteiger partial charge in [0.25, 0.3) is 5.56 Å². The molecule has 2 saturated heterocycles. The lowest BCUT2D eigenvalue weighted by atomic mass is 9.62. The Labute approximate surface area is 206 Å². The van der Waals surface area contributed by atoms with E-state index in [0.717, 1.165) is 55.3 Å². The van der Waals surface area contributed by atoms with Crippen LogP contribution in [0.5, 0.6) is 0 Å². The highest BCUT2D eigenvalue weighted by atomic mass is 31.2. The smallest absolute Gasteiger partial charge is 0.320 e. The Morgan fingerprint density at radius 2 is 1.54 bits per heavy atom. The molecule has 188 valence electrons. The van der Waals surface area contributed by atoms with E-state index in [0.29, 0.717) is 29.2 Å². The van der Waals surface area contributed by atoms with Crippen molar-refractivity contribution in [2.24, 2.45) is 29.6 Å². The average molecular weight is 498 g/mol. The second-order valence-electron chi connectivity index (χ2n) is 12.3. The molecule has 1 aromatic heterocycles. The van der Waals surface area contributed by atoms with Crippen LogP contribution in [0.4, 0.5) is 0 Å². The predicted octanol–water partition coefficient (Wildman–Crippen LogP) is 3.83. The predicted molar refractivity (Wildman–Crippen MR) is 135 cm³/mol. The number of fused-ring (bicyclic) bond motifs is 4. The van der Waals surface area contributed by atoms with E-state index in [4.69, 9.17) is 0 Å². The summed E-state index contributed by atoms with van der Waals surface area (Å²) in [5.41, 5.74) is -0.0644. The van der Waals surface area contributed by atoms with E-state index in [1.54, 1.807) is 16.7 Å². The van der Waals surface area contributed by atoms with Crippen LogP contribution in [0.3, 0.4) is 0 Å². The molecule has 2 aromatic rings. The van der Waals surface area contributed by atoms with Crippen molar-refractivity contribution in [2.75, 3.05) is 0 Å². The van der Waals surface area contributed by atoms with Crippen LogP contribution in [0.2, 0.25) is 0 Å². The summed E-state index contributed by atoms with van der Waals surface area (Å²) in [7, 11) is -4.77. The van der Waals surface area contributed by atoms with Gasteiger partial charge in [0, 0.05) is 24.2 Å². The first-order valence-electron chi connectivity index (χ1n) is 13.6. The van der Waals surface area contributed by atoms with E-state index in [2.05, 4.69) is 16.8 Å². The molecule has 35 heavy (non-hydrogen) atoms. The van der Waals surface area contributed by atoms with Crippen molar-refractivity contribution in [2.45, 2.75) is 88.9 Å². The number of nitrogens with zero attached hydrogens (tertiary/aromatic N) is 3. The third kappa shape index (κ3) is 3.45. The largest absolute Gasteiger partial charge is 0.380 e. The molecule has 2 aliphatic heterocycles. The topological polar surface area (TPSA) is 95.7 Å². The molecule has 3 saturated carbocycles. The monoisotopic (exact) mass is 497 g/mol. The van der Waals surface area contributed by atoms with Crippen LogP contribution >= 0.6 is 7.60 Å². The lowest BCUT2D eigenvalue weighted by molar-refractivity contribution is -0.0441. The summed E-state index contributed by atoms with van der Waals surface area (Å²) in [4.78, 5) is 40.2. The van der Waals surface area contributed by atoms with Gasteiger partial charge in [0.05, 0.1) is 11.0 Å². The van der Waals surface area contributed by atoms with Gasteiger partial charge in [0.1, 0.15) is 0 Å². The Kier molecular flexibility index (Phi) is 5.17. The average Bonchev–Trinajstić information content (AvgIpc) is 2.94. The van der Waals surface area contributed by atoms with Crippen LogP contribution in [0, 0.1) is 29.6 Å². The number of para-hydroxylation sites is 2. The van der Waals surface area contributed by atoms with E-state index in [9.17, 15) is 19.1 Å². The molecule has 8 heteroatoms. The van der Waals surface area contributed by atoms with Crippen molar-refractivity contribution in [1.82, 2.24) is 14.5 Å². The first-order chi connectivity index (χ1) is 16.8. The van der Waals surface area contributed by atoms with Gasteiger partial charge >= 0.3 is 7.60 Å². The van der Waals surface area contributed by atoms with Gasteiger partial charge in [-0.15, -0.1) is 0 Å². The van der Waals surface area contributed by atoms with Crippen LogP contribution in [0.1, 0.15) is 70.8 Å². The third-order valence-electron chi connectivity index (χ3n) is 10.6. The molecule has 2 N–H and O–H groups in total. The number of aromatic nitrogens is 2. The highest BCUT2D eigenvalue weighted by Gasteiger charge is 2.56. The summed E-state index contributed by atoms with van der Waals surface area (Å²) in [6.45, 7) is 2.51. The normalized spacial score (nSPS) is 40.9. The minimum atomic E-state index is -4.77. The molecule has 0 radical (unpaired) electrons. The number of hydrogen-bond donors (Lipinski definition) is 2. The minimum Gasteiger partial charge on any atom is -0.320 e. The zero-order chi connectivity index (χ0) is 24.1. The second-order valence-corrected chi connectivity index (χ2v) is 13.8. The maximum Gasteiger partial charge on any atom is 0.380 e. The van der Waals surface area contributed by atoms with Crippen molar-refractivity contribution in [3.8, 4) is 0 Å².